The highest BCUT2D eigenvalue weighted by Crippen LogP contribution is 2.04. The third kappa shape index (κ3) is 18.2. The van der Waals surface area contributed by atoms with Crippen LogP contribution in [0, 0.1) is 0 Å². The molecule has 0 aromatic carbocycles. The molecule has 3 N–H and O–H groups in total. The van der Waals surface area contributed by atoms with Gasteiger partial charge in [0.2, 0.25) is 0 Å². The van der Waals surface area contributed by atoms with Gasteiger partial charge < -0.3 is 25.3 Å². The first kappa shape index (κ1) is 20.2. The van der Waals surface area contributed by atoms with Crippen LogP contribution in [0.3, 0.4) is 0 Å². The zero-order valence-corrected chi connectivity index (χ0v) is 12.8. The van der Waals surface area contributed by atoms with Crippen molar-refractivity contribution in [1.82, 2.24) is 16.0 Å². The van der Waals surface area contributed by atoms with Gasteiger partial charge in [0.05, 0.1) is 0 Å². The van der Waals surface area contributed by atoms with Crippen molar-refractivity contribution < 1.29 is 9.31 Å². The molecule has 1 aliphatic rings. The van der Waals surface area contributed by atoms with Crippen LogP contribution < -0.4 is 16.0 Å². The van der Waals surface area contributed by atoms with E-state index in [2.05, 4.69) is 22.9 Å². The Morgan fingerprint density at radius 1 is 1.00 bits per heavy atom. The molecular formula is C12H32BN3O2. The van der Waals surface area contributed by atoms with E-state index in [1.807, 2.05) is 28.2 Å². The Bertz CT molecular complexity index is 130. The normalized spacial score (nSPS) is 15.5. The van der Waals surface area contributed by atoms with Crippen molar-refractivity contribution in [3.8, 4) is 0 Å². The molecule has 1 heterocycles. The summed E-state index contributed by atoms with van der Waals surface area (Å²) >= 11 is 0. The number of unbranched alkanes of at least 4 members (excludes halogenated alkanes) is 1. The lowest BCUT2D eigenvalue weighted by Gasteiger charge is -2.18. The summed E-state index contributed by atoms with van der Waals surface area (Å²) in [4.78, 5) is 0. The molecule has 0 aliphatic carbocycles. The predicted octanol–water partition coefficient (Wildman–Crippen LogP) is 0.582. The Morgan fingerprint density at radius 3 is 1.83 bits per heavy atom. The molecule has 0 saturated carbocycles. The molecule has 1 saturated heterocycles. The summed E-state index contributed by atoms with van der Waals surface area (Å²) in [5.41, 5.74) is 0. The zero-order chi connectivity index (χ0) is 14.1. The molecule has 110 valence electrons. The van der Waals surface area contributed by atoms with E-state index in [-0.39, 0.29) is 7.12 Å². The molecule has 0 radical (unpaired) electrons. The summed E-state index contributed by atoms with van der Waals surface area (Å²) in [5.74, 6) is 0. The van der Waals surface area contributed by atoms with E-state index in [0.29, 0.717) is 0 Å². The quantitative estimate of drug-likeness (QED) is 0.649. The zero-order valence-electron chi connectivity index (χ0n) is 12.8. The largest absolute Gasteiger partial charge is 0.456 e. The second kappa shape index (κ2) is 19.2. The lowest BCUT2D eigenvalue weighted by Crippen LogP contribution is -2.35. The molecule has 0 unspecified atom stereocenters. The maximum Gasteiger partial charge on any atom is 0.456 e. The molecule has 6 heteroatoms. The van der Waals surface area contributed by atoms with E-state index in [9.17, 15) is 0 Å². The van der Waals surface area contributed by atoms with E-state index < -0.39 is 0 Å². The van der Waals surface area contributed by atoms with Crippen LogP contribution in [0.1, 0.15) is 19.8 Å². The molecule has 0 aromatic heterocycles. The third-order valence-corrected chi connectivity index (χ3v) is 1.96. The fraction of sp³-hybridized carbons (Fsp3) is 1.00. The molecule has 0 atom stereocenters. The van der Waals surface area contributed by atoms with Crippen LogP contribution in [0.4, 0.5) is 0 Å². The average Bonchev–Trinajstić information content (AvgIpc) is 2.30. The van der Waals surface area contributed by atoms with Crippen molar-refractivity contribution >= 4 is 7.12 Å². The Morgan fingerprint density at radius 2 is 1.44 bits per heavy atom. The van der Waals surface area contributed by atoms with Crippen molar-refractivity contribution in [2.75, 3.05) is 54.5 Å². The average molecular weight is 261 g/mol. The smallest absolute Gasteiger partial charge is 0.410 e. The molecule has 5 nitrogen and oxygen atoms in total. The molecule has 0 bridgehead atoms. The Hall–Kier alpha value is -0.135. The Kier molecular flexibility index (Phi) is 21.5. The van der Waals surface area contributed by atoms with Crippen molar-refractivity contribution in [1.29, 1.82) is 0 Å². The number of rotatable bonds is 3. The highest BCUT2D eigenvalue weighted by Gasteiger charge is 2.17. The minimum atomic E-state index is 0.0482. The van der Waals surface area contributed by atoms with Gasteiger partial charge in [0.1, 0.15) is 0 Å². The van der Waals surface area contributed by atoms with Gasteiger partial charge in [0.15, 0.2) is 0 Å². The van der Waals surface area contributed by atoms with Crippen molar-refractivity contribution in [3.05, 3.63) is 0 Å². The van der Waals surface area contributed by atoms with E-state index in [1.165, 1.54) is 12.8 Å². The molecule has 1 aliphatic heterocycles. The second-order valence-corrected chi connectivity index (χ2v) is 4.06. The van der Waals surface area contributed by atoms with Crippen molar-refractivity contribution in [2.45, 2.75) is 26.1 Å². The van der Waals surface area contributed by atoms with Gasteiger partial charge in [-0.15, -0.1) is 0 Å². The van der Waals surface area contributed by atoms with E-state index in [1.54, 1.807) is 0 Å². The van der Waals surface area contributed by atoms with Gasteiger partial charge in [0, 0.05) is 26.3 Å². The van der Waals surface area contributed by atoms with Crippen LogP contribution in [0.2, 0.25) is 6.32 Å². The van der Waals surface area contributed by atoms with Crippen LogP contribution >= 0.6 is 0 Å². The number of nitrogens with one attached hydrogen (secondary N) is 3. The van der Waals surface area contributed by atoms with Crippen molar-refractivity contribution in [3.63, 3.8) is 0 Å². The predicted molar refractivity (Wildman–Crippen MR) is 80.2 cm³/mol. The van der Waals surface area contributed by atoms with Gasteiger partial charge in [0.25, 0.3) is 0 Å². The van der Waals surface area contributed by atoms with Crippen LogP contribution in [0.25, 0.3) is 0 Å². The van der Waals surface area contributed by atoms with Gasteiger partial charge >= 0.3 is 7.12 Å². The monoisotopic (exact) mass is 261 g/mol. The fourth-order valence-corrected chi connectivity index (χ4v) is 1.24. The fourth-order valence-electron chi connectivity index (χ4n) is 1.24. The van der Waals surface area contributed by atoms with Gasteiger partial charge in [-0.2, -0.15) is 0 Å². The van der Waals surface area contributed by atoms with E-state index >= 15 is 0 Å². The van der Waals surface area contributed by atoms with Gasteiger partial charge in [-0.3, -0.25) is 0 Å². The summed E-state index contributed by atoms with van der Waals surface area (Å²) < 4.78 is 11.0. The summed E-state index contributed by atoms with van der Waals surface area (Å²) in [7, 11) is 7.55. The van der Waals surface area contributed by atoms with Gasteiger partial charge in [-0.05, 0) is 34.5 Å². The second-order valence-electron chi connectivity index (χ2n) is 4.06. The van der Waals surface area contributed by atoms with E-state index in [0.717, 1.165) is 32.6 Å². The summed E-state index contributed by atoms with van der Waals surface area (Å²) in [6.07, 6.45) is 3.44. The molecule has 0 aromatic rings. The summed E-state index contributed by atoms with van der Waals surface area (Å²) in [6.45, 7) is 5.63. The standard InChI is InChI=1S/C8H18BNO2.2C2H7N/c1-2-3-4-9-11-7-5-10-6-8-12-9;2*1-3-2/h10H,2-8H2,1H3;2*3H,1-2H3. The molecule has 1 rings (SSSR count). The Labute approximate surface area is 114 Å². The highest BCUT2D eigenvalue weighted by atomic mass is 16.6. The molecule has 0 amide bonds. The van der Waals surface area contributed by atoms with Crippen LogP contribution in [-0.2, 0) is 9.31 Å². The number of hydrogen-bond donors (Lipinski definition) is 3. The molecule has 18 heavy (non-hydrogen) atoms. The summed E-state index contributed by atoms with van der Waals surface area (Å²) in [5, 5.41) is 8.71. The van der Waals surface area contributed by atoms with Crippen LogP contribution in [-0.4, -0.2) is 61.6 Å². The third-order valence-electron chi connectivity index (χ3n) is 1.96. The number of hydrogen-bond acceptors (Lipinski definition) is 5. The first-order valence-electron chi connectivity index (χ1n) is 6.87. The van der Waals surface area contributed by atoms with E-state index in [4.69, 9.17) is 9.31 Å². The first-order chi connectivity index (χ1) is 8.76. The first-order valence-corrected chi connectivity index (χ1v) is 6.87. The minimum Gasteiger partial charge on any atom is -0.410 e. The van der Waals surface area contributed by atoms with Crippen LogP contribution in [0.15, 0.2) is 0 Å². The summed E-state index contributed by atoms with van der Waals surface area (Å²) in [6, 6.07) is 0. The maximum atomic E-state index is 5.50. The molecular weight excluding hydrogens is 229 g/mol. The van der Waals surface area contributed by atoms with Gasteiger partial charge in [-0.25, -0.2) is 0 Å². The van der Waals surface area contributed by atoms with Crippen LogP contribution in [0.5, 0.6) is 0 Å². The maximum absolute atomic E-state index is 5.50. The minimum absolute atomic E-state index is 0.0482. The lowest BCUT2D eigenvalue weighted by atomic mass is 9.82. The SMILES string of the molecule is CCCCB1OCCNCCO1.CNC.CNC. The van der Waals surface area contributed by atoms with Crippen molar-refractivity contribution in [2.24, 2.45) is 0 Å². The molecule has 1 fully saturated rings. The Balaban J connectivity index is 0. The lowest BCUT2D eigenvalue weighted by molar-refractivity contribution is 0.177. The van der Waals surface area contributed by atoms with Gasteiger partial charge in [-0.1, -0.05) is 19.8 Å². The molecule has 0 spiro atoms. The highest BCUT2D eigenvalue weighted by molar-refractivity contribution is 6.44. The topological polar surface area (TPSA) is 54.5 Å².